The van der Waals surface area contributed by atoms with Crippen LogP contribution in [0.3, 0.4) is 0 Å². The molecule has 1 atom stereocenters. The van der Waals surface area contributed by atoms with E-state index in [2.05, 4.69) is 28.1 Å². The number of guanidine groups is 1. The summed E-state index contributed by atoms with van der Waals surface area (Å²) in [5.74, 6) is 0.199. The lowest BCUT2D eigenvalue weighted by molar-refractivity contribution is 0.294. The highest BCUT2D eigenvalue weighted by atomic mass is 15.3. The van der Waals surface area contributed by atoms with Gasteiger partial charge in [0.25, 0.3) is 0 Å². The molecule has 4 rings (SSSR count). The van der Waals surface area contributed by atoms with Crippen LogP contribution in [0.2, 0.25) is 0 Å². The van der Waals surface area contributed by atoms with Gasteiger partial charge in [-0.15, -0.1) is 0 Å². The number of pyridine rings is 1. The van der Waals surface area contributed by atoms with Crippen LogP contribution in [-0.4, -0.2) is 41.5 Å². The molecule has 0 spiro atoms. The van der Waals surface area contributed by atoms with Gasteiger partial charge in [0.15, 0.2) is 5.96 Å². The minimum atomic E-state index is 0.199. The SMILES string of the molecule is N=C(N)N1CCCC(N2CCc3cncc4cccc2c34)C1. The predicted molar refractivity (Wildman–Crippen MR) is 89.3 cm³/mol. The van der Waals surface area contributed by atoms with Gasteiger partial charge in [0.2, 0.25) is 0 Å². The molecule has 0 radical (unpaired) electrons. The Kier molecular flexibility index (Phi) is 3.13. The molecule has 1 fully saturated rings. The first-order valence-corrected chi connectivity index (χ1v) is 7.95. The molecule has 114 valence electrons. The molecule has 0 aliphatic carbocycles. The van der Waals surface area contributed by atoms with E-state index >= 15 is 0 Å². The highest BCUT2D eigenvalue weighted by molar-refractivity contribution is 5.97. The molecule has 2 aromatic rings. The van der Waals surface area contributed by atoms with E-state index in [1.54, 1.807) is 0 Å². The molecular weight excluding hydrogens is 274 g/mol. The molecule has 1 aromatic carbocycles. The second kappa shape index (κ2) is 5.16. The maximum absolute atomic E-state index is 7.70. The number of hydrogen-bond donors (Lipinski definition) is 2. The third kappa shape index (κ3) is 2.08. The summed E-state index contributed by atoms with van der Waals surface area (Å²) >= 11 is 0. The van der Waals surface area contributed by atoms with Gasteiger partial charge in [0, 0.05) is 54.5 Å². The first-order chi connectivity index (χ1) is 10.7. The van der Waals surface area contributed by atoms with Crippen molar-refractivity contribution in [3.8, 4) is 0 Å². The topological polar surface area (TPSA) is 69.2 Å². The molecular formula is C17H21N5. The summed E-state index contributed by atoms with van der Waals surface area (Å²) in [6.07, 6.45) is 7.26. The van der Waals surface area contributed by atoms with Crippen molar-refractivity contribution >= 4 is 22.4 Å². The summed E-state index contributed by atoms with van der Waals surface area (Å²) in [6.45, 7) is 2.78. The van der Waals surface area contributed by atoms with Crippen LogP contribution >= 0.6 is 0 Å². The van der Waals surface area contributed by atoms with Crippen molar-refractivity contribution in [2.45, 2.75) is 25.3 Å². The zero-order valence-corrected chi connectivity index (χ0v) is 12.6. The first kappa shape index (κ1) is 13.4. The Balaban J connectivity index is 1.72. The largest absolute Gasteiger partial charge is 0.370 e. The average Bonchev–Trinajstić information content (AvgIpc) is 2.56. The van der Waals surface area contributed by atoms with Crippen LogP contribution in [0.25, 0.3) is 10.8 Å². The fourth-order valence-electron chi connectivity index (χ4n) is 3.88. The van der Waals surface area contributed by atoms with E-state index in [0.29, 0.717) is 6.04 Å². The fraction of sp³-hybridized carbons (Fsp3) is 0.412. The number of rotatable bonds is 1. The van der Waals surface area contributed by atoms with Crippen LogP contribution in [0.4, 0.5) is 5.69 Å². The Morgan fingerprint density at radius 3 is 3.05 bits per heavy atom. The molecule has 3 heterocycles. The van der Waals surface area contributed by atoms with Crippen LogP contribution in [-0.2, 0) is 6.42 Å². The summed E-state index contributed by atoms with van der Waals surface area (Å²) in [5.41, 5.74) is 8.36. The molecule has 5 heteroatoms. The highest BCUT2D eigenvalue weighted by Gasteiger charge is 2.29. The number of nitrogens with zero attached hydrogens (tertiary/aromatic N) is 3. The maximum atomic E-state index is 7.70. The van der Waals surface area contributed by atoms with Crippen LogP contribution in [0.1, 0.15) is 18.4 Å². The molecule has 1 aromatic heterocycles. The van der Waals surface area contributed by atoms with Crippen molar-refractivity contribution in [1.82, 2.24) is 9.88 Å². The number of hydrogen-bond acceptors (Lipinski definition) is 3. The van der Waals surface area contributed by atoms with E-state index in [1.165, 1.54) is 28.4 Å². The average molecular weight is 295 g/mol. The molecule has 0 bridgehead atoms. The second-order valence-corrected chi connectivity index (χ2v) is 6.24. The molecule has 22 heavy (non-hydrogen) atoms. The number of aromatic nitrogens is 1. The Morgan fingerprint density at radius 2 is 2.18 bits per heavy atom. The fourth-order valence-corrected chi connectivity index (χ4v) is 3.88. The highest BCUT2D eigenvalue weighted by Crippen LogP contribution is 2.35. The van der Waals surface area contributed by atoms with Crippen LogP contribution in [0.15, 0.2) is 30.6 Å². The summed E-state index contributed by atoms with van der Waals surface area (Å²) in [7, 11) is 0. The molecule has 0 amide bonds. The lowest BCUT2D eigenvalue weighted by Crippen LogP contribution is -2.52. The standard InChI is InChI=1S/C17H21N5/c18-17(19)21-7-2-4-14(11-21)22-8-6-13-10-20-9-12-3-1-5-15(22)16(12)13/h1,3,5,9-10,14H,2,4,6-8,11H2,(H3,18,19). The smallest absolute Gasteiger partial charge is 0.188 e. The minimum absolute atomic E-state index is 0.199. The van der Waals surface area contributed by atoms with Crippen molar-refractivity contribution in [2.24, 2.45) is 5.73 Å². The van der Waals surface area contributed by atoms with Gasteiger partial charge in [0.05, 0.1) is 0 Å². The van der Waals surface area contributed by atoms with Crippen molar-refractivity contribution in [3.63, 3.8) is 0 Å². The molecule has 1 saturated heterocycles. The van der Waals surface area contributed by atoms with Crippen molar-refractivity contribution < 1.29 is 0 Å². The van der Waals surface area contributed by atoms with Crippen LogP contribution in [0, 0.1) is 5.41 Å². The molecule has 5 nitrogen and oxygen atoms in total. The number of nitrogens with one attached hydrogen (secondary N) is 1. The van der Waals surface area contributed by atoms with Gasteiger partial charge in [0.1, 0.15) is 0 Å². The van der Waals surface area contributed by atoms with Gasteiger partial charge in [-0.1, -0.05) is 12.1 Å². The molecule has 1 unspecified atom stereocenters. The number of benzene rings is 1. The van der Waals surface area contributed by atoms with Crippen LogP contribution < -0.4 is 10.6 Å². The van der Waals surface area contributed by atoms with E-state index in [-0.39, 0.29) is 5.96 Å². The number of anilines is 1. The van der Waals surface area contributed by atoms with E-state index in [0.717, 1.165) is 32.5 Å². The predicted octanol–water partition coefficient (Wildman–Crippen LogP) is 1.96. The van der Waals surface area contributed by atoms with E-state index in [9.17, 15) is 0 Å². The Hall–Kier alpha value is -2.30. The Labute approximate surface area is 130 Å². The lowest BCUT2D eigenvalue weighted by atomic mass is 9.95. The summed E-state index contributed by atoms with van der Waals surface area (Å²) < 4.78 is 0. The van der Waals surface area contributed by atoms with Gasteiger partial charge >= 0.3 is 0 Å². The lowest BCUT2D eigenvalue weighted by Gasteiger charge is -2.43. The van der Waals surface area contributed by atoms with Crippen molar-refractivity contribution in [2.75, 3.05) is 24.5 Å². The molecule has 2 aliphatic rings. The number of nitrogens with two attached hydrogens (primary N) is 1. The zero-order chi connectivity index (χ0) is 15.1. The third-order valence-corrected chi connectivity index (χ3v) is 4.95. The van der Waals surface area contributed by atoms with Crippen LogP contribution in [0.5, 0.6) is 0 Å². The Morgan fingerprint density at radius 1 is 1.27 bits per heavy atom. The third-order valence-electron chi connectivity index (χ3n) is 4.95. The summed E-state index contributed by atoms with van der Waals surface area (Å²) in [6, 6.07) is 6.91. The van der Waals surface area contributed by atoms with Crippen molar-refractivity contribution in [3.05, 3.63) is 36.2 Å². The van der Waals surface area contributed by atoms with Crippen molar-refractivity contribution in [1.29, 1.82) is 5.41 Å². The normalized spacial score (nSPS) is 21.2. The summed E-state index contributed by atoms with van der Waals surface area (Å²) in [4.78, 5) is 8.87. The molecule has 3 N–H and O–H groups in total. The Bertz CT molecular complexity index is 721. The quantitative estimate of drug-likeness (QED) is 0.623. The zero-order valence-electron chi connectivity index (χ0n) is 12.6. The van der Waals surface area contributed by atoms with E-state index < -0.39 is 0 Å². The first-order valence-electron chi connectivity index (χ1n) is 7.95. The monoisotopic (exact) mass is 295 g/mol. The van der Waals surface area contributed by atoms with Gasteiger partial charge in [-0.3, -0.25) is 10.4 Å². The number of likely N-dealkylation sites (tertiary alicyclic amines) is 1. The van der Waals surface area contributed by atoms with E-state index in [4.69, 9.17) is 11.1 Å². The van der Waals surface area contributed by atoms with E-state index in [1.807, 2.05) is 17.3 Å². The maximum Gasteiger partial charge on any atom is 0.188 e. The molecule has 2 aliphatic heterocycles. The number of piperidine rings is 1. The van der Waals surface area contributed by atoms with Gasteiger partial charge in [-0.05, 0) is 30.9 Å². The van der Waals surface area contributed by atoms with Gasteiger partial charge < -0.3 is 15.5 Å². The van der Waals surface area contributed by atoms with Gasteiger partial charge in [-0.2, -0.15) is 0 Å². The molecule has 0 saturated carbocycles. The van der Waals surface area contributed by atoms with Gasteiger partial charge in [-0.25, -0.2) is 0 Å². The second-order valence-electron chi connectivity index (χ2n) is 6.24. The summed E-state index contributed by atoms with van der Waals surface area (Å²) in [5, 5.41) is 10.3. The minimum Gasteiger partial charge on any atom is -0.370 e.